The van der Waals surface area contributed by atoms with Crippen LogP contribution in [-0.4, -0.2) is 44.5 Å². The number of nitrogens with zero attached hydrogens (tertiary/aromatic N) is 1. The molecular formula is C21H24N2O4S. The molecule has 2 unspecified atom stereocenters. The van der Waals surface area contributed by atoms with E-state index in [0.29, 0.717) is 24.3 Å². The van der Waals surface area contributed by atoms with E-state index < -0.39 is 10.0 Å². The Labute approximate surface area is 165 Å². The first-order valence-corrected chi connectivity index (χ1v) is 10.7. The number of hydrogen-bond acceptors (Lipinski definition) is 4. The maximum absolute atomic E-state index is 12.7. The first-order chi connectivity index (χ1) is 13.3. The molecule has 0 bridgehead atoms. The zero-order chi connectivity index (χ0) is 20.1. The minimum absolute atomic E-state index is 0.00446. The lowest BCUT2D eigenvalue weighted by Gasteiger charge is -2.35. The van der Waals surface area contributed by atoms with Crippen molar-refractivity contribution in [3.05, 3.63) is 71.1 Å². The summed E-state index contributed by atoms with van der Waals surface area (Å²) in [7, 11) is -3.64. The van der Waals surface area contributed by atoms with E-state index in [-0.39, 0.29) is 18.1 Å². The lowest BCUT2D eigenvalue weighted by Crippen LogP contribution is -2.48. The van der Waals surface area contributed by atoms with Gasteiger partial charge in [-0.2, -0.15) is 0 Å². The second-order valence-corrected chi connectivity index (χ2v) is 8.47. The Kier molecular flexibility index (Phi) is 6.16. The summed E-state index contributed by atoms with van der Waals surface area (Å²) in [6.07, 6.45) is 1.52. The minimum atomic E-state index is -3.64. The summed E-state index contributed by atoms with van der Waals surface area (Å²) in [5, 5.41) is 1.12. The second kappa shape index (κ2) is 8.58. The van der Waals surface area contributed by atoms with Gasteiger partial charge in [0.1, 0.15) is 0 Å². The Morgan fingerprint density at radius 3 is 2.25 bits per heavy atom. The molecule has 0 aromatic heterocycles. The van der Waals surface area contributed by atoms with Crippen LogP contribution in [0.15, 0.2) is 60.0 Å². The highest BCUT2D eigenvalue weighted by molar-refractivity contribution is 7.95. The summed E-state index contributed by atoms with van der Waals surface area (Å²) in [6.45, 7) is 4.97. The fraction of sp³-hybridized carbons (Fsp3) is 0.286. The standard InChI is InChI=1S/C21H24N2O4S/c1-16-14-23(15-17(2)27-16)21(24)19-8-10-20(11-9-19)22-28(25,26)13-12-18-6-4-3-5-7-18/h3-13,16-17,22H,14-15H2,1-2H3. The molecule has 6 nitrogen and oxygen atoms in total. The largest absolute Gasteiger partial charge is 0.372 e. The molecule has 2 aromatic rings. The average molecular weight is 401 g/mol. The predicted octanol–water partition coefficient (Wildman–Crippen LogP) is 3.35. The molecule has 1 amide bonds. The summed E-state index contributed by atoms with van der Waals surface area (Å²) < 4.78 is 32.6. The molecule has 1 aliphatic heterocycles. The Morgan fingerprint density at radius 2 is 1.64 bits per heavy atom. The van der Waals surface area contributed by atoms with Crippen molar-refractivity contribution in [2.75, 3.05) is 17.8 Å². The Morgan fingerprint density at radius 1 is 1.04 bits per heavy atom. The van der Waals surface area contributed by atoms with Crippen molar-refractivity contribution in [2.24, 2.45) is 0 Å². The van der Waals surface area contributed by atoms with Crippen LogP contribution < -0.4 is 4.72 Å². The van der Waals surface area contributed by atoms with Crippen molar-refractivity contribution < 1.29 is 17.9 Å². The molecule has 0 spiro atoms. The van der Waals surface area contributed by atoms with Gasteiger partial charge in [0, 0.05) is 24.3 Å². The molecular weight excluding hydrogens is 376 g/mol. The number of sulfonamides is 1. The zero-order valence-electron chi connectivity index (χ0n) is 15.9. The normalized spacial score (nSPS) is 20.3. The van der Waals surface area contributed by atoms with Crippen molar-refractivity contribution in [2.45, 2.75) is 26.1 Å². The van der Waals surface area contributed by atoms with Crippen LogP contribution >= 0.6 is 0 Å². The lowest BCUT2D eigenvalue weighted by molar-refractivity contribution is -0.0586. The number of nitrogens with one attached hydrogen (secondary N) is 1. The van der Waals surface area contributed by atoms with Gasteiger partial charge in [-0.15, -0.1) is 0 Å². The molecule has 0 saturated carbocycles. The van der Waals surface area contributed by atoms with E-state index in [9.17, 15) is 13.2 Å². The monoisotopic (exact) mass is 400 g/mol. The summed E-state index contributed by atoms with van der Waals surface area (Å²) in [5.41, 5.74) is 1.71. The van der Waals surface area contributed by atoms with Crippen molar-refractivity contribution in [1.82, 2.24) is 4.90 Å². The number of morpholine rings is 1. The van der Waals surface area contributed by atoms with Gasteiger partial charge in [0.25, 0.3) is 15.9 Å². The van der Waals surface area contributed by atoms with Crippen LogP contribution in [0.4, 0.5) is 5.69 Å². The molecule has 2 atom stereocenters. The van der Waals surface area contributed by atoms with E-state index >= 15 is 0 Å². The van der Waals surface area contributed by atoms with Gasteiger partial charge < -0.3 is 9.64 Å². The summed E-state index contributed by atoms with van der Waals surface area (Å²) in [4.78, 5) is 14.4. The molecule has 0 radical (unpaired) electrons. The number of ether oxygens (including phenoxy) is 1. The molecule has 148 valence electrons. The molecule has 3 rings (SSSR count). The smallest absolute Gasteiger partial charge is 0.255 e. The molecule has 1 heterocycles. The molecule has 7 heteroatoms. The predicted molar refractivity (Wildman–Crippen MR) is 110 cm³/mol. The van der Waals surface area contributed by atoms with Crippen molar-refractivity contribution in [1.29, 1.82) is 0 Å². The van der Waals surface area contributed by atoms with E-state index in [2.05, 4.69) is 4.72 Å². The van der Waals surface area contributed by atoms with E-state index in [0.717, 1.165) is 11.0 Å². The molecule has 28 heavy (non-hydrogen) atoms. The van der Waals surface area contributed by atoms with E-state index in [1.807, 2.05) is 44.2 Å². The number of anilines is 1. The quantitative estimate of drug-likeness (QED) is 0.835. The van der Waals surface area contributed by atoms with E-state index in [1.165, 1.54) is 6.08 Å². The van der Waals surface area contributed by atoms with Crippen LogP contribution in [0.1, 0.15) is 29.8 Å². The Bertz CT molecular complexity index is 930. The van der Waals surface area contributed by atoms with Gasteiger partial charge in [-0.05, 0) is 49.8 Å². The SMILES string of the molecule is CC1CN(C(=O)c2ccc(NS(=O)(=O)C=Cc3ccccc3)cc2)CC(C)O1. The van der Waals surface area contributed by atoms with Gasteiger partial charge in [0.05, 0.1) is 17.6 Å². The van der Waals surface area contributed by atoms with Crippen LogP contribution in [0.3, 0.4) is 0 Å². The fourth-order valence-corrected chi connectivity index (χ4v) is 4.01. The maximum atomic E-state index is 12.7. The third-order valence-electron chi connectivity index (χ3n) is 4.34. The zero-order valence-corrected chi connectivity index (χ0v) is 16.7. The van der Waals surface area contributed by atoms with Crippen molar-refractivity contribution >= 4 is 27.7 Å². The first-order valence-electron chi connectivity index (χ1n) is 9.13. The van der Waals surface area contributed by atoms with Crippen LogP contribution in [0.25, 0.3) is 6.08 Å². The molecule has 1 N–H and O–H groups in total. The Hall–Kier alpha value is -2.64. The molecule has 1 aliphatic rings. The summed E-state index contributed by atoms with van der Waals surface area (Å²) >= 11 is 0. The van der Waals surface area contributed by atoms with Crippen molar-refractivity contribution in [3.63, 3.8) is 0 Å². The Balaban J connectivity index is 1.65. The molecule has 2 aromatic carbocycles. The van der Waals surface area contributed by atoms with E-state index in [4.69, 9.17) is 4.74 Å². The van der Waals surface area contributed by atoms with Gasteiger partial charge in [-0.25, -0.2) is 8.42 Å². The number of benzene rings is 2. The van der Waals surface area contributed by atoms with Crippen LogP contribution in [0, 0.1) is 0 Å². The van der Waals surface area contributed by atoms with Gasteiger partial charge in [-0.3, -0.25) is 9.52 Å². The summed E-state index contributed by atoms with van der Waals surface area (Å²) in [5.74, 6) is -0.0830. The van der Waals surface area contributed by atoms with Gasteiger partial charge in [-0.1, -0.05) is 30.3 Å². The topological polar surface area (TPSA) is 75.7 Å². The third kappa shape index (κ3) is 5.43. The summed E-state index contributed by atoms with van der Waals surface area (Å²) in [6, 6.07) is 15.6. The van der Waals surface area contributed by atoms with Gasteiger partial charge in [0.2, 0.25) is 0 Å². The van der Waals surface area contributed by atoms with Gasteiger partial charge >= 0.3 is 0 Å². The van der Waals surface area contributed by atoms with Crippen LogP contribution in [-0.2, 0) is 14.8 Å². The highest BCUT2D eigenvalue weighted by Gasteiger charge is 2.26. The fourth-order valence-electron chi connectivity index (χ4n) is 3.14. The number of carbonyl (C=O) groups is 1. The highest BCUT2D eigenvalue weighted by Crippen LogP contribution is 2.17. The average Bonchev–Trinajstić information content (AvgIpc) is 2.66. The van der Waals surface area contributed by atoms with Gasteiger partial charge in [0.15, 0.2) is 0 Å². The second-order valence-electron chi connectivity index (χ2n) is 6.91. The van der Waals surface area contributed by atoms with E-state index in [1.54, 1.807) is 29.2 Å². The third-order valence-corrected chi connectivity index (χ3v) is 5.35. The molecule has 0 aliphatic carbocycles. The number of carbonyl (C=O) groups excluding carboxylic acids is 1. The maximum Gasteiger partial charge on any atom is 0.255 e. The van der Waals surface area contributed by atoms with Crippen molar-refractivity contribution in [3.8, 4) is 0 Å². The molecule has 1 fully saturated rings. The first kappa shape index (κ1) is 20.1. The molecule has 1 saturated heterocycles. The number of hydrogen-bond donors (Lipinski definition) is 1. The van der Waals surface area contributed by atoms with Crippen LogP contribution in [0.5, 0.6) is 0 Å². The lowest BCUT2D eigenvalue weighted by atomic mass is 10.1. The highest BCUT2D eigenvalue weighted by atomic mass is 32.2. The minimum Gasteiger partial charge on any atom is -0.372 e. The van der Waals surface area contributed by atoms with Crippen LogP contribution in [0.2, 0.25) is 0 Å². The number of rotatable bonds is 5. The number of amides is 1.